The Morgan fingerprint density at radius 3 is 1.93 bits per heavy atom. The summed E-state index contributed by atoms with van der Waals surface area (Å²) in [6.07, 6.45) is 1.60. The summed E-state index contributed by atoms with van der Waals surface area (Å²) in [5, 5.41) is 8.55. The minimum Gasteiger partial charge on any atom is -0.478 e. The van der Waals surface area contributed by atoms with Crippen LogP contribution in [0.1, 0.15) is 12.8 Å². The molecule has 0 saturated heterocycles. The number of nitrogens with zero attached hydrogens (tertiary/aromatic N) is 2. The largest absolute Gasteiger partial charge is 0.478 e. The fourth-order valence-corrected chi connectivity index (χ4v) is 1.69. The lowest BCUT2D eigenvalue weighted by atomic mass is 10.4. The zero-order chi connectivity index (χ0) is 20.3. The van der Waals surface area contributed by atoms with E-state index < -0.39 is 0 Å². The molecule has 0 aliphatic carbocycles. The summed E-state index contributed by atoms with van der Waals surface area (Å²) in [7, 11) is 3.29. The number of nitrogens with two attached hydrogens (primary N) is 2. The zero-order valence-corrected chi connectivity index (χ0v) is 16.6. The van der Waals surface area contributed by atoms with Gasteiger partial charge in [-0.15, -0.1) is 0 Å². The molecule has 0 aliphatic heterocycles. The fourth-order valence-electron chi connectivity index (χ4n) is 1.52. The Bertz CT molecular complexity index is 584. The van der Waals surface area contributed by atoms with Gasteiger partial charge >= 0.3 is 0 Å². The minimum atomic E-state index is 0.230. The molecule has 152 valence electrons. The summed E-state index contributed by atoms with van der Waals surface area (Å²) >= 11 is 5.45. The van der Waals surface area contributed by atoms with Crippen LogP contribution in [-0.4, -0.2) is 55.7 Å². The molecule has 0 saturated carbocycles. The molecule has 0 fully saturated rings. The van der Waals surface area contributed by atoms with Gasteiger partial charge in [-0.05, 0) is 24.6 Å². The molecule has 0 aliphatic rings. The molecule has 9 heteroatoms. The van der Waals surface area contributed by atoms with Crippen molar-refractivity contribution in [3.63, 3.8) is 0 Å². The number of halogens is 1. The lowest BCUT2D eigenvalue weighted by Gasteiger charge is -2.04. The normalized spacial score (nSPS) is 9.48. The molecule has 27 heavy (non-hydrogen) atoms. The van der Waals surface area contributed by atoms with E-state index in [9.17, 15) is 0 Å². The predicted octanol–water partition coefficient (Wildman–Crippen LogP) is 2.41. The highest BCUT2D eigenvalue weighted by atomic mass is 35.5. The highest BCUT2D eigenvalue weighted by Gasteiger charge is 1.94. The first-order valence-corrected chi connectivity index (χ1v) is 8.73. The Labute approximate surface area is 165 Å². The van der Waals surface area contributed by atoms with Crippen molar-refractivity contribution >= 4 is 23.2 Å². The number of methoxy groups -OCH3 is 2. The van der Waals surface area contributed by atoms with E-state index in [0.29, 0.717) is 42.5 Å². The number of ether oxygens (including phenoxy) is 3. The van der Waals surface area contributed by atoms with E-state index in [2.05, 4.69) is 14.7 Å². The second-order valence-electron chi connectivity index (χ2n) is 5.05. The maximum atomic E-state index is 8.12. The van der Waals surface area contributed by atoms with Crippen molar-refractivity contribution in [2.24, 2.45) is 0 Å². The average molecular weight is 401 g/mol. The molecule has 0 aromatic carbocycles. The van der Waals surface area contributed by atoms with E-state index in [1.165, 1.54) is 0 Å². The maximum absolute atomic E-state index is 8.12. The van der Waals surface area contributed by atoms with E-state index >= 15 is 0 Å². The van der Waals surface area contributed by atoms with E-state index in [1.807, 2.05) is 6.07 Å². The van der Waals surface area contributed by atoms with E-state index in [-0.39, 0.29) is 6.61 Å². The Morgan fingerprint density at radius 2 is 1.48 bits per heavy atom. The van der Waals surface area contributed by atoms with Gasteiger partial charge in [-0.2, -0.15) is 4.98 Å². The minimum absolute atomic E-state index is 0.230. The van der Waals surface area contributed by atoms with Crippen LogP contribution < -0.4 is 16.2 Å². The average Bonchev–Trinajstić information content (AvgIpc) is 2.64. The number of rotatable bonds is 8. The molecular formula is C18H29ClN4O4. The second kappa shape index (κ2) is 17.3. The number of nitrogen functional groups attached to an aromatic ring is 2. The van der Waals surface area contributed by atoms with Gasteiger partial charge in [0.1, 0.15) is 16.8 Å². The van der Waals surface area contributed by atoms with Gasteiger partial charge in [-0.3, -0.25) is 0 Å². The van der Waals surface area contributed by atoms with Gasteiger partial charge in [0.15, 0.2) is 0 Å². The molecule has 0 unspecified atom stereocenters. The maximum Gasteiger partial charge on any atom is 0.215 e. The lowest BCUT2D eigenvalue weighted by Crippen LogP contribution is -2.03. The van der Waals surface area contributed by atoms with Gasteiger partial charge in [0, 0.05) is 46.5 Å². The third-order valence-electron chi connectivity index (χ3n) is 2.73. The SMILES string of the molecule is COCCCO.COCCCOc1cccc(N)n1.Nc1cccc(Cl)n1. The first-order valence-electron chi connectivity index (χ1n) is 8.35. The Kier molecular flexibility index (Phi) is 15.9. The van der Waals surface area contributed by atoms with Crippen molar-refractivity contribution in [1.82, 2.24) is 9.97 Å². The van der Waals surface area contributed by atoms with Gasteiger partial charge in [0.25, 0.3) is 0 Å². The highest BCUT2D eigenvalue weighted by Crippen LogP contribution is 2.08. The number of hydrogen-bond acceptors (Lipinski definition) is 8. The third kappa shape index (κ3) is 15.8. The monoisotopic (exact) mass is 400 g/mol. The number of aliphatic hydroxyl groups excluding tert-OH is 1. The van der Waals surface area contributed by atoms with Crippen LogP contribution in [0.4, 0.5) is 11.6 Å². The van der Waals surface area contributed by atoms with Crippen molar-refractivity contribution < 1.29 is 19.3 Å². The first kappa shape index (κ1) is 24.9. The zero-order valence-electron chi connectivity index (χ0n) is 15.8. The van der Waals surface area contributed by atoms with Crippen LogP contribution in [0.2, 0.25) is 5.15 Å². The molecule has 8 nitrogen and oxygen atoms in total. The molecule has 0 atom stereocenters. The molecule has 0 radical (unpaired) electrons. The summed E-state index contributed by atoms with van der Waals surface area (Å²) < 4.78 is 14.8. The van der Waals surface area contributed by atoms with Crippen LogP contribution >= 0.6 is 11.6 Å². The van der Waals surface area contributed by atoms with Crippen LogP contribution in [0.25, 0.3) is 0 Å². The van der Waals surface area contributed by atoms with Crippen LogP contribution in [0, 0.1) is 0 Å². The van der Waals surface area contributed by atoms with Gasteiger partial charge in [0.05, 0.1) is 6.61 Å². The topological polar surface area (TPSA) is 126 Å². The number of aromatic nitrogens is 2. The Morgan fingerprint density at radius 1 is 0.889 bits per heavy atom. The highest BCUT2D eigenvalue weighted by molar-refractivity contribution is 6.29. The van der Waals surface area contributed by atoms with Crippen molar-refractivity contribution in [3.8, 4) is 5.88 Å². The summed E-state index contributed by atoms with van der Waals surface area (Å²) in [6, 6.07) is 10.4. The first-order chi connectivity index (χ1) is 13.0. The second-order valence-corrected chi connectivity index (χ2v) is 5.44. The number of pyridine rings is 2. The summed E-state index contributed by atoms with van der Waals surface area (Å²) in [6.45, 7) is 2.19. The van der Waals surface area contributed by atoms with Gasteiger partial charge in [-0.1, -0.05) is 23.7 Å². The van der Waals surface area contributed by atoms with Crippen LogP contribution in [0.5, 0.6) is 5.88 Å². The van der Waals surface area contributed by atoms with Gasteiger partial charge < -0.3 is 30.8 Å². The summed E-state index contributed by atoms with van der Waals surface area (Å²) in [5.74, 6) is 1.50. The van der Waals surface area contributed by atoms with Crippen molar-refractivity contribution in [3.05, 3.63) is 41.6 Å². The molecule has 2 aromatic heterocycles. The van der Waals surface area contributed by atoms with Crippen LogP contribution in [-0.2, 0) is 9.47 Å². The molecular weight excluding hydrogens is 372 g/mol. The van der Waals surface area contributed by atoms with Gasteiger partial charge in [-0.25, -0.2) is 4.98 Å². The van der Waals surface area contributed by atoms with E-state index in [4.69, 9.17) is 37.6 Å². The number of aliphatic hydroxyl groups is 1. The smallest absolute Gasteiger partial charge is 0.215 e. The van der Waals surface area contributed by atoms with E-state index in [0.717, 1.165) is 12.8 Å². The molecule has 2 rings (SSSR count). The fraction of sp³-hybridized carbons (Fsp3) is 0.444. The van der Waals surface area contributed by atoms with E-state index in [1.54, 1.807) is 44.6 Å². The predicted molar refractivity (Wildman–Crippen MR) is 108 cm³/mol. The van der Waals surface area contributed by atoms with Crippen molar-refractivity contribution in [1.29, 1.82) is 0 Å². The lowest BCUT2D eigenvalue weighted by molar-refractivity contribution is 0.166. The van der Waals surface area contributed by atoms with Crippen LogP contribution in [0.15, 0.2) is 36.4 Å². The molecule has 0 spiro atoms. The Hall–Kier alpha value is -2.13. The molecule has 0 bridgehead atoms. The quantitative estimate of drug-likeness (QED) is 0.455. The summed E-state index contributed by atoms with van der Waals surface area (Å²) in [4.78, 5) is 7.70. The molecule has 5 N–H and O–H groups in total. The van der Waals surface area contributed by atoms with Gasteiger partial charge in [0.2, 0.25) is 5.88 Å². The third-order valence-corrected chi connectivity index (χ3v) is 2.94. The molecule has 2 heterocycles. The van der Waals surface area contributed by atoms with Crippen molar-refractivity contribution in [2.75, 3.05) is 52.1 Å². The Balaban J connectivity index is 0.000000413. The number of hydrogen-bond donors (Lipinski definition) is 3. The molecule has 2 aromatic rings. The van der Waals surface area contributed by atoms with Crippen molar-refractivity contribution in [2.45, 2.75) is 12.8 Å². The van der Waals surface area contributed by atoms with Crippen LogP contribution in [0.3, 0.4) is 0 Å². The number of anilines is 2. The summed E-state index contributed by atoms with van der Waals surface area (Å²) in [5.41, 5.74) is 10.7. The molecule has 0 amide bonds. The standard InChI is InChI=1S/C9H14N2O2.C5H5ClN2.C4H10O2/c1-12-6-3-7-13-9-5-2-4-8(10)11-9;6-4-2-1-3-5(7)8-4;1-6-4-2-3-5/h2,4-5H,3,6-7H2,1H3,(H2,10,11);1-3H,(H2,7,8);5H,2-4H2,1H3.